The average molecular weight is 534 g/mol. The number of thioether (sulfide) groups is 1. The molecule has 5 atom stereocenters. The Labute approximate surface area is 223 Å². The van der Waals surface area contributed by atoms with Crippen molar-refractivity contribution in [2.45, 2.75) is 48.1 Å². The molecule has 2 amide bonds. The molecule has 37 heavy (non-hydrogen) atoms. The number of aliphatic hydroxyl groups is 1. The Morgan fingerprint density at radius 3 is 2.54 bits per heavy atom. The maximum atomic E-state index is 14.3. The number of carbonyl (C=O) groups is 3. The maximum Gasteiger partial charge on any atom is 0.311 e. The molecule has 0 bridgehead atoms. The molecule has 204 valence electrons. The Morgan fingerprint density at radius 2 is 1.76 bits per heavy atom. The first kappa shape index (κ1) is 26.7. The molecule has 3 saturated heterocycles. The molecule has 1 spiro atoms. The molecule has 3 fully saturated rings. The van der Waals surface area contributed by atoms with Crippen molar-refractivity contribution in [3.05, 3.63) is 24.3 Å². The number of ether oxygens (including phenoxy) is 2. The van der Waals surface area contributed by atoms with Crippen LogP contribution in [0.25, 0.3) is 0 Å². The van der Waals surface area contributed by atoms with E-state index in [-0.39, 0.29) is 31.0 Å². The van der Waals surface area contributed by atoms with Crippen LogP contribution >= 0.6 is 11.8 Å². The second-order valence-corrected chi connectivity index (χ2v) is 12.6. The van der Waals surface area contributed by atoms with Crippen LogP contribution in [0.4, 0.5) is 0 Å². The highest BCUT2D eigenvalue weighted by Crippen LogP contribution is 2.65. The smallest absolute Gasteiger partial charge is 0.311 e. The van der Waals surface area contributed by atoms with Crippen LogP contribution in [-0.4, -0.2) is 119 Å². The van der Waals surface area contributed by atoms with Crippen LogP contribution in [-0.2, 0) is 23.9 Å². The highest BCUT2D eigenvalue weighted by Gasteiger charge is 2.73. The molecular formula is C27H39N3O6S. The Morgan fingerprint density at radius 1 is 0.973 bits per heavy atom. The van der Waals surface area contributed by atoms with Gasteiger partial charge in [0, 0.05) is 50.6 Å². The fraction of sp³-hybridized carbons (Fsp3) is 0.741. The van der Waals surface area contributed by atoms with Gasteiger partial charge in [-0.1, -0.05) is 31.1 Å². The first-order chi connectivity index (χ1) is 17.9. The van der Waals surface area contributed by atoms with E-state index in [4.69, 9.17) is 14.6 Å². The lowest BCUT2D eigenvalue weighted by atomic mass is 9.75. The molecule has 1 unspecified atom stereocenters. The van der Waals surface area contributed by atoms with Crippen LogP contribution in [0.2, 0.25) is 0 Å². The third-order valence-corrected chi connectivity index (χ3v) is 10.3. The fourth-order valence-electron chi connectivity index (χ4n) is 6.68. The summed E-state index contributed by atoms with van der Waals surface area (Å²) < 4.78 is 9.52. The van der Waals surface area contributed by atoms with Crippen LogP contribution in [0.1, 0.15) is 32.6 Å². The van der Waals surface area contributed by atoms with Crippen LogP contribution < -0.4 is 0 Å². The SMILES string of the molecule is C[C@]12C=CCOC(=O)[C@H]1[C@H]1C(=O)N(CCCCCCO)C3C(=O)N(CCN4CCOCC4)CC=C[C@@]31S2. The third-order valence-electron chi connectivity index (χ3n) is 8.49. The number of amides is 2. The van der Waals surface area contributed by atoms with Gasteiger partial charge in [-0.2, -0.15) is 0 Å². The summed E-state index contributed by atoms with van der Waals surface area (Å²) in [5.74, 6) is -1.78. The van der Waals surface area contributed by atoms with Gasteiger partial charge in [-0.05, 0) is 25.8 Å². The molecule has 5 aliphatic rings. The van der Waals surface area contributed by atoms with Gasteiger partial charge in [0.1, 0.15) is 12.6 Å². The molecular weight excluding hydrogens is 494 g/mol. The van der Waals surface area contributed by atoms with Crippen molar-refractivity contribution < 1.29 is 29.0 Å². The zero-order valence-electron chi connectivity index (χ0n) is 21.7. The zero-order chi connectivity index (χ0) is 26.0. The summed E-state index contributed by atoms with van der Waals surface area (Å²) in [7, 11) is 0. The number of hydrogen-bond donors (Lipinski definition) is 1. The number of cyclic esters (lactones) is 1. The maximum absolute atomic E-state index is 14.3. The Bertz CT molecular complexity index is 952. The summed E-state index contributed by atoms with van der Waals surface area (Å²) in [5, 5.41) is 9.12. The highest BCUT2D eigenvalue weighted by molar-refractivity contribution is 8.02. The first-order valence-electron chi connectivity index (χ1n) is 13.6. The second kappa shape index (κ2) is 11.1. The molecule has 0 radical (unpaired) electrons. The molecule has 0 aromatic rings. The number of unbranched alkanes of at least 4 members (excludes halogenated alkanes) is 3. The molecule has 5 heterocycles. The van der Waals surface area contributed by atoms with E-state index in [1.807, 2.05) is 30.1 Å². The van der Waals surface area contributed by atoms with Gasteiger partial charge < -0.3 is 24.4 Å². The van der Waals surface area contributed by atoms with Gasteiger partial charge in [0.25, 0.3) is 0 Å². The Hall–Kier alpha value is -1.88. The zero-order valence-corrected chi connectivity index (χ0v) is 22.5. The van der Waals surface area contributed by atoms with E-state index in [2.05, 4.69) is 11.0 Å². The third kappa shape index (κ3) is 4.86. The minimum atomic E-state index is -0.812. The van der Waals surface area contributed by atoms with E-state index in [0.717, 1.165) is 45.3 Å². The number of rotatable bonds is 9. The predicted octanol–water partition coefficient (Wildman–Crippen LogP) is 1.07. The highest BCUT2D eigenvalue weighted by atomic mass is 32.2. The van der Waals surface area contributed by atoms with Crippen molar-refractivity contribution in [3.63, 3.8) is 0 Å². The Balaban J connectivity index is 1.44. The van der Waals surface area contributed by atoms with Crippen LogP contribution in [0.15, 0.2) is 24.3 Å². The topological polar surface area (TPSA) is 99.6 Å². The second-order valence-electron chi connectivity index (χ2n) is 10.8. The van der Waals surface area contributed by atoms with Gasteiger partial charge in [-0.15, -0.1) is 11.8 Å². The van der Waals surface area contributed by atoms with Crippen molar-refractivity contribution in [2.75, 3.05) is 65.7 Å². The van der Waals surface area contributed by atoms with E-state index in [0.29, 0.717) is 32.8 Å². The summed E-state index contributed by atoms with van der Waals surface area (Å²) in [5.41, 5.74) is 0. The largest absolute Gasteiger partial charge is 0.461 e. The lowest BCUT2D eigenvalue weighted by molar-refractivity contribution is -0.152. The normalized spacial score (nSPS) is 35.7. The average Bonchev–Trinajstić information content (AvgIpc) is 3.14. The summed E-state index contributed by atoms with van der Waals surface area (Å²) in [6, 6.07) is -0.652. The van der Waals surface area contributed by atoms with Gasteiger partial charge >= 0.3 is 5.97 Å². The monoisotopic (exact) mass is 533 g/mol. The minimum absolute atomic E-state index is 0.0330. The standard InChI is InChI=1S/C27H39N3O6S/c1-26-8-7-17-36-25(34)21(26)20-23(32)30(11-4-2-3-5-16-31)22-24(33)29(10-6-9-27(20,22)37-26)13-12-28-14-18-35-19-15-28/h6-9,20-22,31H,2-5,10-19H2,1H3/t20-,21+,22?,26-,27-/m0/s1. The van der Waals surface area contributed by atoms with Crippen LogP contribution in [0, 0.1) is 11.8 Å². The lowest BCUT2D eigenvalue weighted by Gasteiger charge is -2.37. The number of esters is 1. The number of carbonyl (C=O) groups excluding carboxylic acids is 3. The molecule has 9 nitrogen and oxygen atoms in total. The number of nitrogens with zero attached hydrogens (tertiary/aromatic N) is 3. The molecule has 0 saturated carbocycles. The number of morpholine rings is 1. The van der Waals surface area contributed by atoms with Crippen molar-refractivity contribution in [3.8, 4) is 0 Å². The first-order valence-corrected chi connectivity index (χ1v) is 14.5. The molecule has 0 aromatic heterocycles. The fourth-order valence-corrected chi connectivity index (χ4v) is 8.83. The molecule has 1 N–H and O–H groups in total. The van der Waals surface area contributed by atoms with Crippen molar-refractivity contribution >= 4 is 29.5 Å². The summed E-state index contributed by atoms with van der Waals surface area (Å²) in [6.07, 6.45) is 11.2. The van der Waals surface area contributed by atoms with Gasteiger partial charge in [0.15, 0.2) is 0 Å². The van der Waals surface area contributed by atoms with E-state index >= 15 is 0 Å². The van der Waals surface area contributed by atoms with Gasteiger partial charge in [0.05, 0.1) is 29.8 Å². The van der Waals surface area contributed by atoms with Crippen LogP contribution in [0.5, 0.6) is 0 Å². The lowest BCUT2D eigenvalue weighted by Crippen LogP contribution is -2.54. The minimum Gasteiger partial charge on any atom is -0.461 e. The van der Waals surface area contributed by atoms with Crippen molar-refractivity contribution in [2.24, 2.45) is 11.8 Å². The number of likely N-dealkylation sites (tertiary alicyclic amines) is 1. The molecule has 5 aliphatic heterocycles. The summed E-state index contributed by atoms with van der Waals surface area (Å²) in [6.45, 7) is 7.82. The molecule has 10 heteroatoms. The van der Waals surface area contributed by atoms with Gasteiger partial charge in [-0.25, -0.2) is 0 Å². The quantitative estimate of drug-likeness (QED) is 0.267. The van der Waals surface area contributed by atoms with Crippen LogP contribution in [0.3, 0.4) is 0 Å². The Kier molecular flexibility index (Phi) is 8.00. The van der Waals surface area contributed by atoms with Crippen molar-refractivity contribution in [1.29, 1.82) is 0 Å². The van der Waals surface area contributed by atoms with E-state index < -0.39 is 27.4 Å². The van der Waals surface area contributed by atoms with Crippen molar-refractivity contribution in [1.82, 2.24) is 14.7 Å². The number of hydrogen-bond acceptors (Lipinski definition) is 8. The predicted molar refractivity (Wildman–Crippen MR) is 140 cm³/mol. The summed E-state index contributed by atoms with van der Waals surface area (Å²) >= 11 is 1.59. The number of aliphatic hydroxyl groups excluding tert-OH is 1. The van der Waals surface area contributed by atoms with Gasteiger partial charge in [-0.3, -0.25) is 19.3 Å². The van der Waals surface area contributed by atoms with E-state index in [9.17, 15) is 14.4 Å². The van der Waals surface area contributed by atoms with E-state index in [1.54, 1.807) is 16.7 Å². The summed E-state index contributed by atoms with van der Waals surface area (Å²) in [4.78, 5) is 47.5. The molecule has 0 aliphatic carbocycles. The van der Waals surface area contributed by atoms with Gasteiger partial charge in [0.2, 0.25) is 11.8 Å². The van der Waals surface area contributed by atoms with E-state index in [1.165, 1.54) is 0 Å². The number of fused-ring (bicyclic) bond motifs is 2. The molecule has 5 rings (SSSR count). The molecule has 0 aromatic carbocycles.